The van der Waals surface area contributed by atoms with Crippen molar-refractivity contribution in [2.24, 2.45) is 5.92 Å². The van der Waals surface area contributed by atoms with Gasteiger partial charge in [-0.15, -0.1) is 0 Å². The molecule has 2 atom stereocenters. The fourth-order valence-electron chi connectivity index (χ4n) is 5.06. The van der Waals surface area contributed by atoms with Crippen molar-refractivity contribution in [3.63, 3.8) is 0 Å². The van der Waals surface area contributed by atoms with Crippen molar-refractivity contribution in [1.82, 2.24) is 15.5 Å². The van der Waals surface area contributed by atoms with E-state index >= 15 is 0 Å². The zero-order valence-electron chi connectivity index (χ0n) is 18.3. The molecule has 3 N–H and O–H groups in total. The fourth-order valence-corrected chi connectivity index (χ4v) is 5.06. The average Bonchev–Trinajstić information content (AvgIpc) is 2.94. The van der Waals surface area contributed by atoms with Crippen molar-refractivity contribution in [3.05, 3.63) is 53.8 Å². The van der Waals surface area contributed by atoms with Gasteiger partial charge in [-0.05, 0) is 62.5 Å². The minimum absolute atomic E-state index is 0.00469. The first-order chi connectivity index (χ1) is 16.0. The van der Waals surface area contributed by atoms with Crippen LogP contribution < -0.4 is 16.0 Å². The van der Waals surface area contributed by atoms with Crippen LogP contribution in [-0.2, 0) is 9.59 Å². The SMILES string of the molecule is O=C(N[C@H]1CCN2C(=O)c3cc(-c4ccccc4F)ccc3NC(=O)[C@@H]2C1)C1CCNCC1. The third-order valence-electron chi connectivity index (χ3n) is 6.92. The molecule has 2 aromatic carbocycles. The average molecular weight is 451 g/mol. The van der Waals surface area contributed by atoms with Gasteiger partial charge in [-0.25, -0.2) is 4.39 Å². The molecular weight excluding hydrogens is 423 g/mol. The van der Waals surface area contributed by atoms with Gasteiger partial charge in [0.25, 0.3) is 5.91 Å². The summed E-state index contributed by atoms with van der Waals surface area (Å²) >= 11 is 0. The first kappa shape index (κ1) is 21.6. The Bertz CT molecular complexity index is 1100. The molecular formula is C25H27FN4O3. The molecule has 2 fully saturated rings. The molecule has 3 aliphatic rings. The van der Waals surface area contributed by atoms with Crippen molar-refractivity contribution in [2.75, 3.05) is 25.0 Å². The number of anilines is 1. The van der Waals surface area contributed by atoms with E-state index in [2.05, 4.69) is 16.0 Å². The lowest BCUT2D eigenvalue weighted by atomic mass is 9.93. The molecule has 3 heterocycles. The second-order valence-electron chi connectivity index (χ2n) is 9.00. The third-order valence-corrected chi connectivity index (χ3v) is 6.92. The lowest BCUT2D eigenvalue weighted by molar-refractivity contribution is -0.128. The fraction of sp³-hybridized carbons (Fsp3) is 0.400. The number of fused-ring (bicyclic) bond motifs is 2. The van der Waals surface area contributed by atoms with Gasteiger partial charge in [-0.1, -0.05) is 24.3 Å². The Morgan fingerprint density at radius 1 is 1.03 bits per heavy atom. The minimum Gasteiger partial charge on any atom is -0.353 e. The standard InChI is InChI=1S/C25H27FN4O3/c26-20-4-2-1-3-18(20)16-5-6-21-19(13-16)25(33)30-12-9-17(14-22(30)24(32)29-21)28-23(31)15-7-10-27-11-8-15/h1-6,13,15,17,22,27H,7-12,14H2,(H,28,31)(H,29,32)/t17-,22-/m0/s1. The zero-order chi connectivity index (χ0) is 22.9. The predicted molar refractivity (Wildman–Crippen MR) is 122 cm³/mol. The van der Waals surface area contributed by atoms with Crippen molar-refractivity contribution in [1.29, 1.82) is 0 Å². The monoisotopic (exact) mass is 450 g/mol. The number of carbonyl (C=O) groups excluding carboxylic acids is 3. The molecule has 0 radical (unpaired) electrons. The Hall–Kier alpha value is -3.26. The summed E-state index contributed by atoms with van der Waals surface area (Å²) in [7, 11) is 0. The number of benzene rings is 2. The van der Waals surface area contributed by atoms with Crippen molar-refractivity contribution in [3.8, 4) is 11.1 Å². The molecule has 7 nitrogen and oxygen atoms in total. The zero-order valence-corrected chi connectivity index (χ0v) is 18.3. The van der Waals surface area contributed by atoms with Crippen LogP contribution in [0, 0.1) is 11.7 Å². The number of piperidine rings is 2. The second-order valence-corrected chi connectivity index (χ2v) is 9.00. The number of nitrogens with one attached hydrogen (secondary N) is 3. The van der Waals surface area contributed by atoms with Crippen LogP contribution in [0.3, 0.4) is 0 Å². The van der Waals surface area contributed by atoms with Crippen molar-refractivity contribution < 1.29 is 18.8 Å². The van der Waals surface area contributed by atoms with Gasteiger partial charge >= 0.3 is 0 Å². The highest BCUT2D eigenvalue weighted by Crippen LogP contribution is 2.32. The van der Waals surface area contributed by atoms with Gasteiger partial charge in [-0.3, -0.25) is 14.4 Å². The number of rotatable bonds is 3. The van der Waals surface area contributed by atoms with Crippen molar-refractivity contribution >= 4 is 23.4 Å². The highest BCUT2D eigenvalue weighted by molar-refractivity contribution is 6.10. The van der Waals surface area contributed by atoms with E-state index in [1.807, 2.05) is 0 Å². The number of amides is 3. The first-order valence-electron chi connectivity index (χ1n) is 11.5. The largest absolute Gasteiger partial charge is 0.353 e. The number of hydrogen-bond donors (Lipinski definition) is 3. The Morgan fingerprint density at radius 3 is 2.61 bits per heavy atom. The van der Waals surface area contributed by atoms with Gasteiger partial charge in [0.15, 0.2) is 0 Å². The summed E-state index contributed by atoms with van der Waals surface area (Å²) in [6.07, 6.45) is 2.59. The minimum atomic E-state index is -0.658. The Balaban J connectivity index is 1.35. The maximum absolute atomic E-state index is 14.3. The van der Waals surface area contributed by atoms with Gasteiger partial charge in [0.1, 0.15) is 11.9 Å². The molecule has 3 amide bonds. The maximum atomic E-state index is 14.3. The van der Waals surface area contributed by atoms with Crippen LogP contribution in [0.1, 0.15) is 36.0 Å². The molecule has 0 bridgehead atoms. The topological polar surface area (TPSA) is 90.5 Å². The van der Waals surface area contributed by atoms with Gasteiger partial charge in [-0.2, -0.15) is 0 Å². The van der Waals surface area contributed by atoms with Crippen LogP contribution in [0.4, 0.5) is 10.1 Å². The molecule has 5 rings (SSSR count). The van der Waals surface area contributed by atoms with E-state index in [0.717, 1.165) is 25.9 Å². The number of hydrogen-bond acceptors (Lipinski definition) is 4. The van der Waals surface area contributed by atoms with Gasteiger partial charge < -0.3 is 20.9 Å². The molecule has 172 valence electrons. The number of halogens is 1. The van der Waals surface area contributed by atoms with Crippen LogP contribution in [-0.4, -0.2) is 54.3 Å². The third kappa shape index (κ3) is 4.23. The lowest BCUT2D eigenvalue weighted by Crippen LogP contribution is -2.55. The highest BCUT2D eigenvalue weighted by Gasteiger charge is 2.40. The van der Waals surface area contributed by atoms with E-state index in [0.29, 0.717) is 41.8 Å². The van der Waals surface area contributed by atoms with Gasteiger partial charge in [0.05, 0.1) is 11.3 Å². The molecule has 2 aromatic rings. The molecule has 0 saturated carbocycles. The van der Waals surface area contributed by atoms with Crippen LogP contribution in [0.5, 0.6) is 0 Å². The maximum Gasteiger partial charge on any atom is 0.256 e. The molecule has 33 heavy (non-hydrogen) atoms. The van der Waals surface area contributed by atoms with E-state index < -0.39 is 6.04 Å². The van der Waals surface area contributed by atoms with E-state index in [1.165, 1.54) is 6.07 Å². The number of nitrogens with zero attached hydrogens (tertiary/aromatic N) is 1. The van der Waals surface area contributed by atoms with Crippen LogP contribution in [0.2, 0.25) is 0 Å². The normalized spacial score (nSPS) is 23.2. The van der Waals surface area contributed by atoms with E-state index in [-0.39, 0.29) is 35.5 Å². The Kier molecular flexibility index (Phi) is 5.85. The summed E-state index contributed by atoms with van der Waals surface area (Å²) in [6.45, 7) is 2.05. The number of carbonyl (C=O) groups is 3. The summed E-state index contributed by atoms with van der Waals surface area (Å²) in [5.41, 5.74) is 1.76. The smallest absolute Gasteiger partial charge is 0.256 e. The summed E-state index contributed by atoms with van der Waals surface area (Å²) in [5, 5.41) is 9.23. The lowest BCUT2D eigenvalue weighted by Gasteiger charge is -2.38. The first-order valence-corrected chi connectivity index (χ1v) is 11.5. The summed E-state index contributed by atoms with van der Waals surface area (Å²) < 4.78 is 14.3. The van der Waals surface area contributed by atoms with E-state index in [9.17, 15) is 18.8 Å². The van der Waals surface area contributed by atoms with E-state index in [1.54, 1.807) is 41.3 Å². The molecule has 0 aromatic heterocycles. The van der Waals surface area contributed by atoms with Crippen LogP contribution in [0.25, 0.3) is 11.1 Å². The van der Waals surface area contributed by atoms with Gasteiger partial charge in [0, 0.05) is 24.1 Å². The van der Waals surface area contributed by atoms with Crippen LogP contribution in [0.15, 0.2) is 42.5 Å². The molecule has 0 aliphatic carbocycles. The second kappa shape index (κ2) is 8.94. The van der Waals surface area contributed by atoms with E-state index in [4.69, 9.17) is 0 Å². The van der Waals surface area contributed by atoms with Crippen molar-refractivity contribution in [2.45, 2.75) is 37.8 Å². The Morgan fingerprint density at radius 2 is 1.82 bits per heavy atom. The van der Waals surface area contributed by atoms with Gasteiger partial charge in [0.2, 0.25) is 11.8 Å². The molecule has 0 spiro atoms. The van der Waals surface area contributed by atoms with Crippen LogP contribution >= 0.6 is 0 Å². The predicted octanol–water partition coefficient (Wildman–Crippen LogP) is 2.53. The summed E-state index contributed by atoms with van der Waals surface area (Å²) in [4.78, 5) is 40.7. The molecule has 8 heteroatoms. The quantitative estimate of drug-likeness (QED) is 0.670. The molecule has 3 aliphatic heterocycles. The molecule has 0 unspecified atom stereocenters. The summed E-state index contributed by atoms with van der Waals surface area (Å²) in [6, 6.07) is 10.6. The highest BCUT2D eigenvalue weighted by atomic mass is 19.1. The Labute approximate surface area is 191 Å². The summed E-state index contributed by atoms with van der Waals surface area (Å²) in [5.74, 6) is -0.856. The molecule has 2 saturated heterocycles.